The molecule has 0 amide bonds. The summed E-state index contributed by atoms with van der Waals surface area (Å²) in [4.78, 5) is 25.9. The van der Waals surface area contributed by atoms with Crippen molar-refractivity contribution >= 4 is 23.4 Å². The third-order valence-electron chi connectivity index (χ3n) is 1.63. The lowest BCUT2D eigenvalue weighted by molar-refractivity contribution is 0.900. The monoisotopic (exact) mass is 254 g/mol. The van der Waals surface area contributed by atoms with E-state index in [9.17, 15) is 4.79 Å². The average molecular weight is 255 g/mol. The van der Waals surface area contributed by atoms with Gasteiger partial charge in [-0.2, -0.15) is 0 Å². The largest absolute Gasteiger partial charge is 0.301 e. The van der Waals surface area contributed by atoms with Crippen LogP contribution >= 0.6 is 23.4 Å². The van der Waals surface area contributed by atoms with Gasteiger partial charge in [0.2, 0.25) is 0 Å². The zero-order valence-corrected chi connectivity index (χ0v) is 9.84. The maximum atomic E-state index is 11.2. The van der Waals surface area contributed by atoms with Crippen LogP contribution in [0, 0.1) is 6.92 Å². The number of rotatable bonds is 2. The third kappa shape index (κ3) is 2.80. The fourth-order valence-electron chi connectivity index (χ4n) is 1.07. The molecule has 0 atom stereocenters. The predicted molar refractivity (Wildman–Crippen MR) is 60.8 cm³/mol. The quantitative estimate of drug-likeness (QED) is 0.826. The van der Waals surface area contributed by atoms with E-state index in [2.05, 4.69) is 19.9 Å². The van der Waals surface area contributed by atoms with Crippen molar-refractivity contribution in [2.45, 2.75) is 17.1 Å². The van der Waals surface area contributed by atoms with Gasteiger partial charge in [0.05, 0.1) is 12.4 Å². The summed E-state index contributed by atoms with van der Waals surface area (Å²) in [5.74, 6) is 0. The smallest absolute Gasteiger partial charge is 0.251 e. The summed E-state index contributed by atoms with van der Waals surface area (Å²) in [6, 6.07) is 1.42. The molecule has 0 aromatic carbocycles. The van der Waals surface area contributed by atoms with Crippen molar-refractivity contribution in [2.24, 2.45) is 0 Å². The van der Waals surface area contributed by atoms with Gasteiger partial charge in [-0.3, -0.25) is 9.78 Å². The lowest BCUT2D eigenvalue weighted by Gasteiger charge is -2.00. The predicted octanol–water partition coefficient (Wildman–Crippen LogP) is 1.67. The number of halogens is 1. The molecular formula is C9H7ClN4OS. The summed E-state index contributed by atoms with van der Waals surface area (Å²) in [7, 11) is 0. The molecule has 2 heterocycles. The molecule has 82 valence electrons. The Bertz CT molecular complexity index is 571. The summed E-state index contributed by atoms with van der Waals surface area (Å²) < 4.78 is 0. The van der Waals surface area contributed by atoms with Gasteiger partial charge in [0.25, 0.3) is 5.56 Å². The second-order valence-electron chi connectivity index (χ2n) is 2.97. The Kier molecular flexibility index (Phi) is 3.21. The standard InChI is InChI=1S/C9H7ClN4OS/c1-5-2-7(15)14-9(12-5)16-8-4-11-3-6(10)13-8/h2-4H,1H3,(H,12,14,15). The van der Waals surface area contributed by atoms with E-state index < -0.39 is 0 Å². The van der Waals surface area contributed by atoms with E-state index >= 15 is 0 Å². The topological polar surface area (TPSA) is 71.5 Å². The van der Waals surface area contributed by atoms with Crippen LogP contribution in [0.1, 0.15) is 5.69 Å². The first-order chi connectivity index (χ1) is 7.63. The van der Waals surface area contributed by atoms with Crippen LogP contribution in [0.4, 0.5) is 0 Å². The molecule has 2 aromatic rings. The molecule has 0 bridgehead atoms. The number of nitrogens with zero attached hydrogens (tertiary/aromatic N) is 3. The van der Waals surface area contributed by atoms with Gasteiger partial charge in [0, 0.05) is 11.8 Å². The number of nitrogens with one attached hydrogen (secondary N) is 1. The Morgan fingerprint density at radius 1 is 1.38 bits per heavy atom. The first kappa shape index (κ1) is 11.1. The highest BCUT2D eigenvalue weighted by Gasteiger charge is 2.03. The number of H-pyrrole nitrogens is 1. The molecule has 0 unspecified atom stereocenters. The summed E-state index contributed by atoms with van der Waals surface area (Å²) in [5, 5.41) is 1.36. The second-order valence-corrected chi connectivity index (χ2v) is 4.37. The van der Waals surface area contributed by atoms with Gasteiger partial charge in [0.15, 0.2) is 5.16 Å². The minimum Gasteiger partial charge on any atom is -0.301 e. The van der Waals surface area contributed by atoms with Crippen LogP contribution in [0.15, 0.2) is 33.4 Å². The summed E-state index contributed by atoms with van der Waals surface area (Å²) in [6.45, 7) is 1.75. The van der Waals surface area contributed by atoms with Gasteiger partial charge in [-0.1, -0.05) is 11.6 Å². The van der Waals surface area contributed by atoms with Gasteiger partial charge in [0.1, 0.15) is 10.2 Å². The van der Waals surface area contributed by atoms with Gasteiger partial charge < -0.3 is 4.98 Å². The summed E-state index contributed by atoms with van der Waals surface area (Å²) >= 11 is 6.90. The fraction of sp³-hybridized carbons (Fsp3) is 0.111. The summed E-state index contributed by atoms with van der Waals surface area (Å²) in [5.41, 5.74) is 0.464. The molecule has 0 saturated carbocycles. The number of aromatic nitrogens is 4. The summed E-state index contributed by atoms with van der Waals surface area (Å²) in [6.07, 6.45) is 3.00. The van der Waals surface area contributed by atoms with E-state index in [4.69, 9.17) is 11.6 Å². The Morgan fingerprint density at radius 3 is 2.88 bits per heavy atom. The first-order valence-corrected chi connectivity index (χ1v) is 5.56. The average Bonchev–Trinajstić information content (AvgIpc) is 2.15. The van der Waals surface area contributed by atoms with Crippen molar-refractivity contribution in [2.75, 3.05) is 0 Å². The highest BCUT2D eigenvalue weighted by atomic mass is 35.5. The molecule has 16 heavy (non-hydrogen) atoms. The van der Waals surface area contributed by atoms with Crippen LogP contribution in [0.5, 0.6) is 0 Å². The Morgan fingerprint density at radius 2 is 2.19 bits per heavy atom. The fourth-order valence-corrected chi connectivity index (χ4v) is 2.07. The van der Waals surface area contributed by atoms with Crippen molar-refractivity contribution in [1.82, 2.24) is 19.9 Å². The highest BCUT2D eigenvalue weighted by molar-refractivity contribution is 7.99. The number of aromatic amines is 1. The zero-order chi connectivity index (χ0) is 11.5. The maximum absolute atomic E-state index is 11.2. The molecule has 5 nitrogen and oxygen atoms in total. The number of hydrogen-bond donors (Lipinski definition) is 1. The minimum absolute atomic E-state index is 0.190. The van der Waals surface area contributed by atoms with Crippen LogP contribution in [0.2, 0.25) is 5.15 Å². The molecule has 1 N–H and O–H groups in total. The molecule has 0 radical (unpaired) electrons. The van der Waals surface area contributed by atoms with Crippen molar-refractivity contribution in [3.05, 3.63) is 39.7 Å². The van der Waals surface area contributed by atoms with Crippen LogP contribution in [-0.2, 0) is 0 Å². The Balaban J connectivity index is 2.30. The van der Waals surface area contributed by atoms with E-state index in [0.717, 1.165) is 0 Å². The Labute approximate surface area is 100 Å². The van der Waals surface area contributed by atoms with E-state index in [-0.39, 0.29) is 5.56 Å². The van der Waals surface area contributed by atoms with Crippen molar-refractivity contribution in [3.63, 3.8) is 0 Å². The maximum Gasteiger partial charge on any atom is 0.251 e. The van der Waals surface area contributed by atoms with Crippen molar-refractivity contribution < 1.29 is 0 Å². The van der Waals surface area contributed by atoms with E-state index in [0.29, 0.717) is 21.0 Å². The van der Waals surface area contributed by atoms with Crippen LogP contribution in [0.3, 0.4) is 0 Å². The molecule has 0 fully saturated rings. The molecule has 2 aromatic heterocycles. The highest BCUT2D eigenvalue weighted by Crippen LogP contribution is 2.21. The molecule has 0 aliphatic rings. The number of hydrogen-bond acceptors (Lipinski definition) is 5. The van der Waals surface area contributed by atoms with E-state index in [1.54, 1.807) is 13.1 Å². The lowest BCUT2D eigenvalue weighted by atomic mass is 10.5. The Hall–Kier alpha value is -1.40. The van der Waals surface area contributed by atoms with E-state index in [1.165, 1.54) is 24.0 Å². The minimum atomic E-state index is -0.190. The lowest BCUT2D eigenvalue weighted by Crippen LogP contribution is -2.08. The van der Waals surface area contributed by atoms with Crippen molar-refractivity contribution in [3.8, 4) is 0 Å². The van der Waals surface area contributed by atoms with Gasteiger partial charge >= 0.3 is 0 Å². The van der Waals surface area contributed by atoms with Gasteiger partial charge in [-0.05, 0) is 18.7 Å². The molecule has 0 aliphatic carbocycles. The SMILES string of the molecule is Cc1cc(=O)[nH]c(Sc2cncc(Cl)n2)n1. The van der Waals surface area contributed by atoms with Crippen LogP contribution in [0.25, 0.3) is 0 Å². The molecule has 0 spiro atoms. The van der Waals surface area contributed by atoms with Crippen LogP contribution in [-0.4, -0.2) is 19.9 Å². The van der Waals surface area contributed by atoms with Crippen molar-refractivity contribution in [1.29, 1.82) is 0 Å². The molecule has 0 saturated heterocycles. The molecule has 0 aliphatic heterocycles. The van der Waals surface area contributed by atoms with E-state index in [1.807, 2.05) is 0 Å². The zero-order valence-electron chi connectivity index (χ0n) is 8.27. The normalized spacial score (nSPS) is 10.4. The third-order valence-corrected chi connectivity index (χ3v) is 2.61. The van der Waals surface area contributed by atoms with Gasteiger partial charge in [-0.15, -0.1) is 0 Å². The van der Waals surface area contributed by atoms with Gasteiger partial charge in [-0.25, -0.2) is 9.97 Å². The number of aryl methyl sites for hydroxylation is 1. The molecule has 7 heteroatoms. The molecular weight excluding hydrogens is 248 g/mol. The molecule has 2 rings (SSSR count). The van der Waals surface area contributed by atoms with Crippen LogP contribution < -0.4 is 5.56 Å². The second kappa shape index (κ2) is 4.63. The first-order valence-electron chi connectivity index (χ1n) is 4.37.